The molecule has 2 heterocycles. The van der Waals surface area contributed by atoms with Gasteiger partial charge in [-0.15, -0.1) is 0 Å². The van der Waals surface area contributed by atoms with Gasteiger partial charge in [0.2, 0.25) is 11.9 Å². The summed E-state index contributed by atoms with van der Waals surface area (Å²) in [6.07, 6.45) is 1.90. The van der Waals surface area contributed by atoms with Crippen LogP contribution in [0.3, 0.4) is 0 Å². The number of ether oxygens (including phenoxy) is 1. The Morgan fingerprint density at radius 2 is 1.81 bits per heavy atom. The Labute approximate surface area is 154 Å². The highest BCUT2D eigenvalue weighted by Crippen LogP contribution is 2.21. The van der Waals surface area contributed by atoms with Gasteiger partial charge < -0.3 is 19.9 Å². The zero-order chi connectivity index (χ0) is 18.5. The first-order valence-electron chi connectivity index (χ1n) is 8.88. The van der Waals surface area contributed by atoms with Crippen LogP contribution in [0.4, 0.5) is 17.5 Å². The lowest BCUT2D eigenvalue weighted by atomic mass is 10.3. The van der Waals surface area contributed by atoms with Crippen molar-refractivity contribution in [1.29, 1.82) is 0 Å². The number of nitrogens with zero attached hydrogens (tertiary/aromatic N) is 4. The normalized spacial score (nSPS) is 14.5. The second-order valence-corrected chi connectivity index (χ2v) is 6.55. The summed E-state index contributed by atoms with van der Waals surface area (Å²) in [6.45, 7) is 8.50. The number of benzene rings is 1. The second kappa shape index (κ2) is 8.03. The SMILES string of the molecule is CC(=O)N1CCN(c2nccc(Nc3ccc(OC(C)C)cc3)n2)CC1. The number of hydrogen-bond acceptors (Lipinski definition) is 6. The molecule has 1 aromatic heterocycles. The molecule has 26 heavy (non-hydrogen) atoms. The van der Waals surface area contributed by atoms with E-state index in [0.29, 0.717) is 19.0 Å². The third-order valence-electron chi connectivity index (χ3n) is 4.15. The van der Waals surface area contributed by atoms with Crippen molar-refractivity contribution < 1.29 is 9.53 Å². The van der Waals surface area contributed by atoms with Crippen LogP contribution in [0.15, 0.2) is 36.5 Å². The van der Waals surface area contributed by atoms with Crippen molar-refractivity contribution in [2.24, 2.45) is 0 Å². The Kier molecular flexibility index (Phi) is 5.55. The minimum Gasteiger partial charge on any atom is -0.491 e. The maximum absolute atomic E-state index is 11.4. The first kappa shape index (κ1) is 18.0. The van der Waals surface area contributed by atoms with Gasteiger partial charge in [-0.05, 0) is 44.2 Å². The summed E-state index contributed by atoms with van der Waals surface area (Å²) >= 11 is 0. The van der Waals surface area contributed by atoms with E-state index in [1.54, 1.807) is 13.1 Å². The van der Waals surface area contributed by atoms with Gasteiger partial charge in [0.25, 0.3) is 0 Å². The summed E-state index contributed by atoms with van der Waals surface area (Å²) in [5.74, 6) is 2.38. The fraction of sp³-hybridized carbons (Fsp3) is 0.421. The number of piperazine rings is 1. The predicted octanol–water partition coefficient (Wildman–Crippen LogP) is 2.68. The molecule has 1 aliphatic heterocycles. The van der Waals surface area contributed by atoms with Gasteiger partial charge in [0.15, 0.2) is 0 Å². The monoisotopic (exact) mass is 355 g/mol. The number of anilines is 3. The van der Waals surface area contributed by atoms with Crippen molar-refractivity contribution in [3.63, 3.8) is 0 Å². The molecule has 1 fully saturated rings. The number of carbonyl (C=O) groups excluding carboxylic acids is 1. The first-order valence-corrected chi connectivity index (χ1v) is 8.88. The van der Waals surface area contributed by atoms with E-state index in [1.807, 2.05) is 49.1 Å². The average Bonchev–Trinajstić information content (AvgIpc) is 2.63. The quantitative estimate of drug-likeness (QED) is 0.889. The molecule has 7 nitrogen and oxygen atoms in total. The Bertz CT molecular complexity index is 740. The molecule has 1 amide bonds. The number of amides is 1. The molecule has 1 aromatic carbocycles. The van der Waals surface area contributed by atoms with Gasteiger partial charge >= 0.3 is 0 Å². The van der Waals surface area contributed by atoms with Gasteiger partial charge in [0.05, 0.1) is 6.10 Å². The zero-order valence-corrected chi connectivity index (χ0v) is 15.5. The molecular weight excluding hydrogens is 330 g/mol. The maximum Gasteiger partial charge on any atom is 0.227 e. The van der Waals surface area contributed by atoms with E-state index in [1.165, 1.54) is 0 Å². The standard InChI is InChI=1S/C19H25N5O2/c1-14(2)26-17-6-4-16(5-7-17)21-18-8-9-20-19(22-18)24-12-10-23(11-13-24)15(3)25/h4-9,14H,10-13H2,1-3H3,(H,20,21,22). The number of hydrogen-bond donors (Lipinski definition) is 1. The van der Waals surface area contributed by atoms with Crippen molar-refractivity contribution in [2.75, 3.05) is 36.4 Å². The van der Waals surface area contributed by atoms with Crippen molar-refractivity contribution in [2.45, 2.75) is 26.9 Å². The minimum atomic E-state index is 0.117. The topological polar surface area (TPSA) is 70.6 Å². The maximum atomic E-state index is 11.4. The fourth-order valence-corrected chi connectivity index (χ4v) is 2.83. The smallest absolute Gasteiger partial charge is 0.227 e. The van der Waals surface area contributed by atoms with E-state index in [2.05, 4.69) is 20.2 Å². The van der Waals surface area contributed by atoms with Gasteiger partial charge in [0.1, 0.15) is 11.6 Å². The van der Waals surface area contributed by atoms with Gasteiger partial charge in [-0.3, -0.25) is 4.79 Å². The first-order chi connectivity index (χ1) is 12.5. The van der Waals surface area contributed by atoms with Crippen LogP contribution in [0.25, 0.3) is 0 Å². The summed E-state index contributed by atoms with van der Waals surface area (Å²) in [5.41, 5.74) is 0.937. The van der Waals surface area contributed by atoms with Gasteiger partial charge in [-0.2, -0.15) is 4.98 Å². The molecule has 0 bridgehead atoms. The molecule has 138 valence electrons. The van der Waals surface area contributed by atoms with Gasteiger partial charge in [0, 0.05) is 45.0 Å². The van der Waals surface area contributed by atoms with E-state index >= 15 is 0 Å². The zero-order valence-electron chi connectivity index (χ0n) is 15.5. The highest BCUT2D eigenvalue weighted by Gasteiger charge is 2.20. The van der Waals surface area contributed by atoms with Crippen LogP contribution in [0.1, 0.15) is 20.8 Å². The highest BCUT2D eigenvalue weighted by atomic mass is 16.5. The molecule has 7 heteroatoms. The van der Waals surface area contributed by atoms with Crippen LogP contribution in [0, 0.1) is 0 Å². The minimum absolute atomic E-state index is 0.117. The molecule has 0 unspecified atom stereocenters. The van der Waals surface area contributed by atoms with E-state index in [-0.39, 0.29) is 12.0 Å². The molecule has 1 aliphatic rings. The Morgan fingerprint density at radius 1 is 1.12 bits per heavy atom. The molecule has 0 saturated carbocycles. The number of carbonyl (C=O) groups is 1. The van der Waals surface area contributed by atoms with Gasteiger partial charge in [-0.25, -0.2) is 4.98 Å². The van der Waals surface area contributed by atoms with Crippen LogP contribution in [0.2, 0.25) is 0 Å². The van der Waals surface area contributed by atoms with Crippen molar-refractivity contribution in [3.05, 3.63) is 36.5 Å². The predicted molar refractivity (Wildman–Crippen MR) is 102 cm³/mol. The molecule has 3 rings (SSSR count). The van der Waals surface area contributed by atoms with Crippen LogP contribution in [-0.4, -0.2) is 53.1 Å². The lowest BCUT2D eigenvalue weighted by Crippen LogP contribution is -2.48. The lowest BCUT2D eigenvalue weighted by Gasteiger charge is -2.34. The number of aromatic nitrogens is 2. The fourth-order valence-electron chi connectivity index (χ4n) is 2.83. The van der Waals surface area contributed by atoms with Crippen LogP contribution >= 0.6 is 0 Å². The van der Waals surface area contributed by atoms with E-state index < -0.39 is 0 Å². The van der Waals surface area contributed by atoms with Crippen molar-refractivity contribution >= 4 is 23.4 Å². The Hall–Kier alpha value is -2.83. The van der Waals surface area contributed by atoms with Crippen LogP contribution in [0.5, 0.6) is 5.75 Å². The summed E-state index contributed by atoms with van der Waals surface area (Å²) in [4.78, 5) is 24.4. The summed E-state index contributed by atoms with van der Waals surface area (Å²) in [5, 5.41) is 3.29. The molecule has 1 N–H and O–H groups in total. The molecule has 2 aromatic rings. The molecule has 0 radical (unpaired) electrons. The van der Waals surface area contributed by atoms with Crippen LogP contribution < -0.4 is 15.0 Å². The lowest BCUT2D eigenvalue weighted by molar-refractivity contribution is -0.129. The molecule has 1 saturated heterocycles. The van der Waals surface area contributed by atoms with Crippen molar-refractivity contribution in [1.82, 2.24) is 14.9 Å². The third kappa shape index (κ3) is 4.62. The average molecular weight is 355 g/mol. The molecule has 0 spiro atoms. The van der Waals surface area contributed by atoms with Gasteiger partial charge in [-0.1, -0.05) is 0 Å². The largest absolute Gasteiger partial charge is 0.491 e. The summed E-state index contributed by atoms with van der Waals surface area (Å²) in [6, 6.07) is 9.64. The van der Waals surface area contributed by atoms with E-state index in [9.17, 15) is 4.79 Å². The summed E-state index contributed by atoms with van der Waals surface area (Å²) < 4.78 is 5.66. The Morgan fingerprint density at radius 3 is 2.42 bits per heavy atom. The number of nitrogens with one attached hydrogen (secondary N) is 1. The summed E-state index contributed by atoms with van der Waals surface area (Å²) in [7, 11) is 0. The van der Waals surface area contributed by atoms with Crippen molar-refractivity contribution in [3.8, 4) is 5.75 Å². The highest BCUT2D eigenvalue weighted by molar-refractivity contribution is 5.73. The Balaban J connectivity index is 1.63. The third-order valence-corrected chi connectivity index (χ3v) is 4.15. The van der Waals surface area contributed by atoms with Crippen LogP contribution in [-0.2, 0) is 4.79 Å². The molecular formula is C19H25N5O2. The van der Waals surface area contributed by atoms with E-state index in [0.717, 1.165) is 30.3 Å². The number of rotatable bonds is 5. The van der Waals surface area contributed by atoms with E-state index in [4.69, 9.17) is 4.74 Å². The second-order valence-electron chi connectivity index (χ2n) is 6.55. The molecule has 0 aliphatic carbocycles. The molecule has 0 atom stereocenters.